The van der Waals surface area contributed by atoms with Crippen molar-refractivity contribution in [2.24, 2.45) is 5.92 Å². The molecule has 0 fully saturated rings. The maximum absolute atomic E-state index is 10.9. The lowest BCUT2D eigenvalue weighted by Crippen LogP contribution is -2.39. The van der Waals surface area contributed by atoms with E-state index in [4.69, 9.17) is 5.11 Å². The monoisotopic (exact) mass is 333 g/mol. The predicted octanol–water partition coefficient (Wildman–Crippen LogP) is -0.399. The molecule has 0 heterocycles. The van der Waals surface area contributed by atoms with Crippen LogP contribution in [-0.4, -0.2) is 59.8 Å². The van der Waals surface area contributed by atoms with Gasteiger partial charge >= 0.3 is 6.09 Å². The SMILES string of the molecule is CC(COS(C)(=O)=O)CC(COS(C)(=O)=O)NC(=O)O. The first kappa shape index (κ1) is 19.1. The zero-order chi connectivity index (χ0) is 16.0. The van der Waals surface area contributed by atoms with Crippen LogP contribution >= 0.6 is 0 Å². The summed E-state index contributed by atoms with van der Waals surface area (Å²) < 4.78 is 52.5. The number of carboxylic acid groups (broad SMARTS) is 1. The Hall–Kier alpha value is -0.910. The van der Waals surface area contributed by atoms with Crippen molar-refractivity contribution in [3.05, 3.63) is 0 Å². The molecule has 2 atom stereocenters. The second-order valence-electron chi connectivity index (χ2n) is 4.46. The van der Waals surface area contributed by atoms with Crippen LogP contribution in [0.3, 0.4) is 0 Å². The van der Waals surface area contributed by atoms with E-state index in [0.717, 1.165) is 12.5 Å². The number of nitrogens with one attached hydrogen (secondary N) is 1. The van der Waals surface area contributed by atoms with E-state index in [2.05, 4.69) is 13.7 Å². The van der Waals surface area contributed by atoms with E-state index in [-0.39, 0.29) is 25.6 Å². The Balaban J connectivity index is 4.44. The molecule has 11 heteroatoms. The highest BCUT2D eigenvalue weighted by atomic mass is 32.2. The molecule has 0 saturated carbocycles. The molecule has 120 valence electrons. The van der Waals surface area contributed by atoms with Gasteiger partial charge in [-0.3, -0.25) is 8.37 Å². The molecule has 1 amide bonds. The van der Waals surface area contributed by atoms with Crippen molar-refractivity contribution in [2.45, 2.75) is 19.4 Å². The summed E-state index contributed by atoms with van der Waals surface area (Å²) in [5.74, 6) is -0.315. The zero-order valence-electron chi connectivity index (χ0n) is 11.4. The molecule has 9 nitrogen and oxygen atoms in total. The largest absolute Gasteiger partial charge is 0.465 e. The summed E-state index contributed by atoms with van der Waals surface area (Å²) in [4.78, 5) is 10.6. The van der Waals surface area contributed by atoms with Crippen molar-refractivity contribution in [3.63, 3.8) is 0 Å². The first-order valence-electron chi connectivity index (χ1n) is 5.57. The van der Waals surface area contributed by atoms with Crippen molar-refractivity contribution in [1.29, 1.82) is 0 Å². The molecule has 0 spiro atoms. The molecule has 0 bridgehead atoms. The van der Waals surface area contributed by atoms with E-state index < -0.39 is 32.4 Å². The molecule has 0 rings (SSSR count). The molecule has 2 unspecified atom stereocenters. The molecule has 0 aromatic heterocycles. The van der Waals surface area contributed by atoms with Gasteiger partial charge in [-0.15, -0.1) is 0 Å². The molecule has 0 aliphatic rings. The van der Waals surface area contributed by atoms with Crippen molar-refractivity contribution in [1.82, 2.24) is 5.32 Å². The third kappa shape index (κ3) is 12.1. The smallest absolute Gasteiger partial charge is 0.404 e. The van der Waals surface area contributed by atoms with Gasteiger partial charge in [0.15, 0.2) is 0 Å². The fourth-order valence-corrected chi connectivity index (χ4v) is 2.23. The van der Waals surface area contributed by atoms with Gasteiger partial charge in [0.2, 0.25) is 0 Å². The summed E-state index contributed by atoms with van der Waals surface area (Å²) in [6.07, 6.45) is 0.584. The first-order valence-corrected chi connectivity index (χ1v) is 9.20. The molecule has 0 saturated heterocycles. The Morgan fingerprint density at radius 3 is 1.95 bits per heavy atom. The van der Waals surface area contributed by atoms with Gasteiger partial charge in [0.05, 0.1) is 31.8 Å². The highest BCUT2D eigenvalue weighted by Gasteiger charge is 2.19. The Labute approximate surface area is 118 Å². The van der Waals surface area contributed by atoms with Gasteiger partial charge in [-0.1, -0.05) is 6.92 Å². The van der Waals surface area contributed by atoms with E-state index in [1.54, 1.807) is 6.92 Å². The average molecular weight is 333 g/mol. The molecule has 20 heavy (non-hydrogen) atoms. The van der Waals surface area contributed by atoms with E-state index in [9.17, 15) is 21.6 Å². The highest BCUT2D eigenvalue weighted by Crippen LogP contribution is 2.09. The summed E-state index contributed by atoms with van der Waals surface area (Å²) in [5, 5.41) is 10.7. The van der Waals surface area contributed by atoms with E-state index in [1.165, 1.54) is 0 Å². The fraction of sp³-hybridized carbons (Fsp3) is 0.889. The highest BCUT2D eigenvalue weighted by molar-refractivity contribution is 7.86. The number of rotatable bonds is 9. The van der Waals surface area contributed by atoms with Gasteiger partial charge in [-0.05, 0) is 12.3 Å². The lowest BCUT2D eigenvalue weighted by atomic mass is 10.0. The maximum Gasteiger partial charge on any atom is 0.404 e. The van der Waals surface area contributed by atoms with Crippen molar-refractivity contribution in [3.8, 4) is 0 Å². The van der Waals surface area contributed by atoms with E-state index >= 15 is 0 Å². The van der Waals surface area contributed by atoms with Gasteiger partial charge in [0.25, 0.3) is 20.2 Å². The summed E-state index contributed by atoms with van der Waals surface area (Å²) in [6, 6.07) is -0.791. The Morgan fingerprint density at radius 2 is 1.55 bits per heavy atom. The second kappa shape index (κ2) is 7.76. The Morgan fingerprint density at radius 1 is 1.10 bits per heavy atom. The van der Waals surface area contributed by atoms with Gasteiger partial charge in [0.1, 0.15) is 0 Å². The molecular weight excluding hydrogens is 314 g/mol. The maximum atomic E-state index is 10.9. The number of hydrogen-bond acceptors (Lipinski definition) is 7. The van der Waals surface area contributed by atoms with Crippen LogP contribution in [0.5, 0.6) is 0 Å². The van der Waals surface area contributed by atoms with Crippen LogP contribution in [0.4, 0.5) is 4.79 Å². The van der Waals surface area contributed by atoms with Crippen LogP contribution in [0.1, 0.15) is 13.3 Å². The standard InChI is InChI=1S/C9H19NO8S2/c1-7(5-17-19(2,13)14)4-8(10-9(11)12)6-18-20(3,15)16/h7-8,10H,4-6H2,1-3H3,(H,11,12). The van der Waals surface area contributed by atoms with Crippen LogP contribution in [0.2, 0.25) is 0 Å². The molecule has 0 aromatic rings. The minimum atomic E-state index is -3.69. The summed E-state index contributed by atoms with van der Waals surface area (Å²) in [5.41, 5.74) is 0. The van der Waals surface area contributed by atoms with E-state index in [0.29, 0.717) is 0 Å². The van der Waals surface area contributed by atoms with Crippen LogP contribution in [-0.2, 0) is 28.6 Å². The van der Waals surface area contributed by atoms with Crippen molar-refractivity contribution < 1.29 is 35.1 Å². The molecule has 0 aliphatic heterocycles. The fourth-order valence-electron chi connectivity index (χ4n) is 1.34. The minimum Gasteiger partial charge on any atom is -0.465 e. The van der Waals surface area contributed by atoms with Crippen LogP contribution in [0.15, 0.2) is 0 Å². The van der Waals surface area contributed by atoms with Crippen LogP contribution in [0, 0.1) is 5.92 Å². The van der Waals surface area contributed by atoms with Crippen molar-refractivity contribution >= 4 is 26.3 Å². The van der Waals surface area contributed by atoms with Crippen LogP contribution < -0.4 is 5.32 Å². The third-order valence-electron chi connectivity index (χ3n) is 2.06. The average Bonchev–Trinajstić information content (AvgIpc) is 2.20. The zero-order valence-corrected chi connectivity index (χ0v) is 13.0. The normalized spacial score (nSPS) is 15.6. The van der Waals surface area contributed by atoms with E-state index in [1.807, 2.05) is 0 Å². The molecule has 0 aromatic carbocycles. The number of carbonyl (C=O) groups is 1. The number of amides is 1. The molecular formula is C9H19NO8S2. The Kier molecular flexibility index (Phi) is 7.41. The predicted molar refractivity (Wildman–Crippen MR) is 70.3 cm³/mol. The molecule has 2 N–H and O–H groups in total. The number of hydrogen-bond donors (Lipinski definition) is 2. The minimum absolute atomic E-state index is 0.129. The lowest BCUT2D eigenvalue weighted by Gasteiger charge is -2.20. The summed E-state index contributed by atoms with van der Waals surface area (Å²) >= 11 is 0. The second-order valence-corrected chi connectivity index (χ2v) is 7.75. The molecule has 0 radical (unpaired) electrons. The first-order chi connectivity index (χ1) is 8.89. The quantitative estimate of drug-likeness (QED) is 0.544. The van der Waals surface area contributed by atoms with Gasteiger partial charge in [-0.2, -0.15) is 16.8 Å². The molecule has 0 aliphatic carbocycles. The van der Waals surface area contributed by atoms with Gasteiger partial charge < -0.3 is 10.4 Å². The van der Waals surface area contributed by atoms with Crippen LogP contribution in [0.25, 0.3) is 0 Å². The third-order valence-corrected chi connectivity index (χ3v) is 3.19. The summed E-state index contributed by atoms with van der Waals surface area (Å²) in [7, 11) is -7.26. The Bertz CT molecular complexity index is 512. The van der Waals surface area contributed by atoms with Gasteiger partial charge in [0, 0.05) is 0 Å². The summed E-state index contributed by atoms with van der Waals surface area (Å²) in [6.45, 7) is 1.14. The topological polar surface area (TPSA) is 136 Å². The van der Waals surface area contributed by atoms with Crippen molar-refractivity contribution in [2.75, 3.05) is 25.7 Å². The van der Waals surface area contributed by atoms with Gasteiger partial charge in [-0.25, -0.2) is 4.79 Å². The lowest BCUT2D eigenvalue weighted by molar-refractivity contribution is 0.171.